The number of aromatic nitrogens is 2. The molecule has 0 aliphatic rings. The summed E-state index contributed by atoms with van der Waals surface area (Å²) in [5.41, 5.74) is 1.81. The van der Waals surface area contributed by atoms with E-state index in [0.717, 1.165) is 5.39 Å². The summed E-state index contributed by atoms with van der Waals surface area (Å²) in [5, 5.41) is 13.8. The summed E-state index contributed by atoms with van der Waals surface area (Å²) >= 11 is 0. The molecule has 8 nitrogen and oxygen atoms in total. The standard InChI is InChI=1S/C22H23N3O5/c1-4-15-9-16(11-17(26)10-15)25-22-18-12-20(29-7-5-27-2)21(30-8-6-28-3)13-19(18)23-14-24-22/h1,9-14,26H,5-8H2,2-3H3,(H,23,24,25). The number of hydrogen-bond donors (Lipinski definition) is 2. The molecule has 0 aliphatic carbocycles. The first-order chi connectivity index (χ1) is 14.6. The zero-order valence-corrected chi connectivity index (χ0v) is 16.8. The molecule has 1 aromatic heterocycles. The number of nitrogens with zero attached hydrogens (tertiary/aromatic N) is 2. The topological polar surface area (TPSA) is 95.0 Å². The van der Waals surface area contributed by atoms with Gasteiger partial charge in [0.1, 0.15) is 31.1 Å². The highest BCUT2D eigenvalue weighted by atomic mass is 16.5. The number of benzene rings is 2. The van der Waals surface area contributed by atoms with E-state index >= 15 is 0 Å². The van der Waals surface area contributed by atoms with Gasteiger partial charge < -0.3 is 29.4 Å². The van der Waals surface area contributed by atoms with Crippen LogP contribution in [0.1, 0.15) is 5.56 Å². The van der Waals surface area contributed by atoms with Crippen molar-refractivity contribution in [1.29, 1.82) is 0 Å². The van der Waals surface area contributed by atoms with E-state index in [2.05, 4.69) is 21.2 Å². The molecule has 0 aliphatic heterocycles. The molecule has 0 unspecified atom stereocenters. The minimum atomic E-state index is 0.0590. The maximum absolute atomic E-state index is 9.89. The fourth-order valence-electron chi connectivity index (χ4n) is 2.76. The van der Waals surface area contributed by atoms with Crippen LogP contribution in [0.3, 0.4) is 0 Å². The molecule has 1 heterocycles. The van der Waals surface area contributed by atoms with Crippen molar-refractivity contribution in [1.82, 2.24) is 9.97 Å². The van der Waals surface area contributed by atoms with Crippen LogP contribution in [-0.2, 0) is 9.47 Å². The number of fused-ring (bicyclic) bond motifs is 1. The van der Waals surface area contributed by atoms with Crippen LogP contribution in [0, 0.1) is 12.3 Å². The van der Waals surface area contributed by atoms with E-state index in [1.165, 1.54) is 12.4 Å². The highest BCUT2D eigenvalue weighted by Crippen LogP contribution is 2.35. The summed E-state index contributed by atoms with van der Waals surface area (Å²) in [7, 11) is 3.22. The third-order valence-corrected chi connectivity index (χ3v) is 4.14. The Morgan fingerprint density at radius 3 is 2.30 bits per heavy atom. The molecule has 0 saturated heterocycles. The van der Waals surface area contributed by atoms with E-state index in [1.807, 2.05) is 0 Å². The summed E-state index contributed by atoms with van der Waals surface area (Å²) in [6, 6.07) is 8.41. The molecule has 0 radical (unpaired) electrons. The summed E-state index contributed by atoms with van der Waals surface area (Å²) in [6.45, 7) is 1.61. The van der Waals surface area contributed by atoms with Crippen molar-refractivity contribution in [3.8, 4) is 29.6 Å². The predicted molar refractivity (Wildman–Crippen MR) is 114 cm³/mol. The number of ether oxygens (including phenoxy) is 4. The highest BCUT2D eigenvalue weighted by molar-refractivity contribution is 5.93. The molecule has 3 aromatic rings. The predicted octanol–water partition coefficient (Wildman–Crippen LogP) is 3.11. The maximum Gasteiger partial charge on any atom is 0.163 e. The Kier molecular flexibility index (Phi) is 7.27. The number of rotatable bonds is 10. The number of terminal acetylenes is 1. The van der Waals surface area contributed by atoms with Gasteiger partial charge in [-0.3, -0.25) is 0 Å². The molecule has 8 heteroatoms. The van der Waals surface area contributed by atoms with E-state index < -0.39 is 0 Å². The van der Waals surface area contributed by atoms with Crippen molar-refractivity contribution in [3.63, 3.8) is 0 Å². The number of hydrogen-bond acceptors (Lipinski definition) is 8. The van der Waals surface area contributed by atoms with Gasteiger partial charge in [-0.2, -0.15) is 0 Å². The Morgan fingerprint density at radius 1 is 0.933 bits per heavy atom. The quantitative estimate of drug-likeness (QED) is 0.390. The SMILES string of the molecule is C#Cc1cc(O)cc(Nc2ncnc3cc(OCCOC)c(OCCOC)cc23)c1. The average molecular weight is 409 g/mol. The Balaban J connectivity index is 1.98. The van der Waals surface area contributed by atoms with E-state index in [1.54, 1.807) is 38.5 Å². The molecule has 0 spiro atoms. The summed E-state index contributed by atoms with van der Waals surface area (Å²) < 4.78 is 21.7. The van der Waals surface area contributed by atoms with Gasteiger partial charge >= 0.3 is 0 Å². The molecule has 0 saturated carbocycles. The number of aromatic hydroxyl groups is 1. The van der Waals surface area contributed by atoms with Crippen LogP contribution in [0.5, 0.6) is 17.2 Å². The van der Waals surface area contributed by atoms with Gasteiger partial charge in [-0.25, -0.2) is 9.97 Å². The molecular formula is C22H23N3O5. The number of phenolic OH excluding ortho intramolecular Hbond substituents is 1. The third-order valence-electron chi connectivity index (χ3n) is 4.14. The Bertz CT molecular complexity index is 1050. The van der Waals surface area contributed by atoms with Gasteiger partial charge in [0.15, 0.2) is 11.5 Å². The lowest BCUT2D eigenvalue weighted by molar-refractivity contribution is 0.132. The third kappa shape index (κ3) is 5.29. The second kappa shape index (κ2) is 10.3. The fraction of sp³-hybridized carbons (Fsp3) is 0.273. The first-order valence-electron chi connectivity index (χ1n) is 9.24. The van der Waals surface area contributed by atoms with Crippen molar-refractivity contribution >= 4 is 22.4 Å². The fourth-order valence-corrected chi connectivity index (χ4v) is 2.76. The number of nitrogens with one attached hydrogen (secondary N) is 1. The van der Waals surface area contributed by atoms with Crippen LogP contribution in [0.15, 0.2) is 36.7 Å². The average Bonchev–Trinajstić information content (AvgIpc) is 2.74. The lowest BCUT2D eigenvalue weighted by Gasteiger charge is -2.15. The van der Waals surface area contributed by atoms with Gasteiger partial charge in [0, 0.05) is 43.0 Å². The van der Waals surface area contributed by atoms with Crippen LogP contribution in [-0.4, -0.2) is 55.7 Å². The summed E-state index contributed by atoms with van der Waals surface area (Å²) in [5.74, 6) is 4.19. The van der Waals surface area contributed by atoms with Crippen molar-refractivity contribution in [2.45, 2.75) is 0 Å². The molecule has 2 N–H and O–H groups in total. The van der Waals surface area contributed by atoms with Crippen LogP contribution in [0.25, 0.3) is 10.9 Å². The lowest BCUT2D eigenvalue weighted by Crippen LogP contribution is -2.09. The normalized spacial score (nSPS) is 10.6. The molecule has 0 amide bonds. The van der Waals surface area contributed by atoms with E-state index in [9.17, 15) is 5.11 Å². The Labute approximate surface area is 174 Å². The van der Waals surface area contributed by atoms with Crippen LogP contribution < -0.4 is 14.8 Å². The van der Waals surface area contributed by atoms with Crippen LogP contribution in [0.2, 0.25) is 0 Å². The molecule has 0 fully saturated rings. The van der Waals surface area contributed by atoms with Crippen molar-refractivity contribution in [2.75, 3.05) is 46.0 Å². The van der Waals surface area contributed by atoms with Crippen molar-refractivity contribution in [3.05, 3.63) is 42.2 Å². The van der Waals surface area contributed by atoms with Gasteiger partial charge in [-0.05, 0) is 18.2 Å². The van der Waals surface area contributed by atoms with Gasteiger partial charge in [-0.1, -0.05) is 5.92 Å². The number of anilines is 2. The highest BCUT2D eigenvalue weighted by Gasteiger charge is 2.13. The van der Waals surface area contributed by atoms with Gasteiger partial charge in [-0.15, -0.1) is 6.42 Å². The Hall–Kier alpha value is -3.54. The molecule has 156 valence electrons. The molecular weight excluding hydrogens is 386 g/mol. The first-order valence-corrected chi connectivity index (χ1v) is 9.24. The molecule has 2 aromatic carbocycles. The van der Waals surface area contributed by atoms with Gasteiger partial charge in [0.25, 0.3) is 0 Å². The summed E-state index contributed by atoms with van der Waals surface area (Å²) in [4.78, 5) is 8.67. The van der Waals surface area contributed by atoms with E-state index in [0.29, 0.717) is 60.5 Å². The molecule has 0 atom stereocenters. The molecule has 3 rings (SSSR count). The Morgan fingerprint density at radius 2 is 1.63 bits per heavy atom. The minimum Gasteiger partial charge on any atom is -0.508 e. The van der Waals surface area contributed by atoms with Gasteiger partial charge in [0.2, 0.25) is 0 Å². The zero-order chi connectivity index (χ0) is 21.3. The van der Waals surface area contributed by atoms with Crippen LogP contribution >= 0.6 is 0 Å². The second-order valence-corrected chi connectivity index (χ2v) is 6.26. The van der Waals surface area contributed by atoms with Crippen LogP contribution in [0.4, 0.5) is 11.5 Å². The smallest absolute Gasteiger partial charge is 0.163 e. The van der Waals surface area contributed by atoms with Crippen molar-refractivity contribution < 1.29 is 24.1 Å². The van der Waals surface area contributed by atoms with Gasteiger partial charge in [0.05, 0.1) is 18.7 Å². The zero-order valence-electron chi connectivity index (χ0n) is 16.8. The van der Waals surface area contributed by atoms with E-state index in [-0.39, 0.29) is 5.75 Å². The minimum absolute atomic E-state index is 0.0590. The summed E-state index contributed by atoms with van der Waals surface area (Å²) in [6.07, 6.45) is 6.90. The number of phenols is 1. The van der Waals surface area contributed by atoms with Crippen molar-refractivity contribution in [2.24, 2.45) is 0 Å². The molecule has 0 bridgehead atoms. The second-order valence-electron chi connectivity index (χ2n) is 6.26. The maximum atomic E-state index is 9.89. The molecule has 30 heavy (non-hydrogen) atoms. The number of methoxy groups -OCH3 is 2. The largest absolute Gasteiger partial charge is 0.508 e. The lowest BCUT2D eigenvalue weighted by atomic mass is 10.1. The first kappa shape index (κ1) is 21.2. The van der Waals surface area contributed by atoms with E-state index in [4.69, 9.17) is 25.4 Å². The monoisotopic (exact) mass is 409 g/mol.